The standard InChI is InChI=1S/C14H18O4/c1-10-5-6-12(11(7-10)8-15)18-9-14(2,3)13(16)17-4/h5-8H,9H2,1-4H3. The lowest BCUT2D eigenvalue weighted by molar-refractivity contribution is -0.152. The molecule has 0 atom stereocenters. The number of hydrogen-bond donors (Lipinski definition) is 0. The SMILES string of the molecule is COC(=O)C(C)(C)COc1ccc(C)cc1C=O. The molecule has 1 aromatic rings. The van der Waals surface area contributed by atoms with Crippen molar-refractivity contribution >= 4 is 12.3 Å². The molecule has 0 saturated carbocycles. The third kappa shape index (κ3) is 3.32. The Morgan fingerprint density at radius 3 is 2.61 bits per heavy atom. The predicted octanol–water partition coefficient (Wildman–Crippen LogP) is 2.39. The molecule has 0 amide bonds. The largest absolute Gasteiger partial charge is 0.492 e. The van der Waals surface area contributed by atoms with Crippen LogP contribution in [-0.2, 0) is 9.53 Å². The number of methoxy groups -OCH3 is 1. The van der Waals surface area contributed by atoms with Crippen molar-refractivity contribution in [3.63, 3.8) is 0 Å². The van der Waals surface area contributed by atoms with Gasteiger partial charge in [-0.2, -0.15) is 0 Å². The van der Waals surface area contributed by atoms with Gasteiger partial charge in [0.2, 0.25) is 0 Å². The molecular formula is C14H18O4. The van der Waals surface area contributed by atoms with Crippen LogP contribution in [0.1, 0.15) is 29.8 Å². The van der Waals surface area contributed by atoms with E-state index in [1.54, 1.807) is 26.0 Å². The molecule has 0 aromatic heterocycles. The predicted molar refractivity (Wildman–Crippen MR) is 67.9 cm³/mol. The summed E-state index contributed by atoms with van der Waals surface area (Å²) in [5.74, 6) is 0.134. The van der Waals surface area contributed by atoms with Gasteiger partial charge in [0.05, 0.1) is 18.1 Å². The highest BCUT2D eigenvalue weighted by Crippen LogP contribution is 2.23. The molecular weight excluding hydrogens is 232 g/mol. The number of aldehydes is 1. The molecule has 0 aliphatic heterocycles. The van der Waals surface area contributed by atoms with Crippen LogP contribution < -0.4 is 4.74 Å². The minimum atomic E-state index is -0.750. The van der Waals surface area contributed by atoms with Crippen LogP contribution in [-0.4, -0.2) is 26.0 Å². The van der Waals surface area contributed by atoms with Gasteiger partial charge in [0.15, 0.2) is 6.29 Å². The lowest BCUT2D eigenvalue weighted by Crippen LogP contribution is -2.32. The summed E-state index contributed by atoms with van der Waals surface area (Å²) in [4.78, 5) is 22.4. The first kappa shape index (κ1) is 14.2. The van der Waals surface area contributed by atoms with Crippen molar-refractivity contribution in [3.05, 3.63) is 29.3 Å². The van der Waals surface area contributed by atoms with E-state index in [0.717, 1.165) is 11.8 Å². The Hall–Kier alpha value is -1.84. The van der Waals surface area contributed by atoms with E-state index < -0.39 is 5.41 Å². The third-order valence-electron chi connectivity index (χ3n) is 2.62. The summed E-state index contributed by atoms with van der Waals surface area (Å²) in [6.07, 6.45) is 0.744. The Morgan fingerprint density at radius 2 is 2.06 bits per heavy atom. The molecule has 4 nitrogen and oxygen atoms in total. The van der Waals surface area contributed by atoms with Gasteiger partial charge in [-0.25, -0.2) is 0 Å². The fourth-order valence-electron chi connectivity index (χ4n) is 1.48. The van der Waals surface area contributed by atoms with E-state index in [2.05, 4.69) is 0 Å². The van der Waals surface area contributed by atoms with Crippen LogP contribution in [0, 0.1) is 12.3 Å². The van der Waals surface area contributed by atoms with Crippen LogP contribution in [0.3, 0.4) is 0 Å². The Morgan fingerprint density at radius 1 is 1.39 bits per heavy atom. The number of ether oxygens (including phenoxy) is 2. The van der Waals surface area contributed by atoms with Crippen LogP contribution in [0.15, 0.2) is 18.2 Å². The molecule has 98 valence electrons. The summed E-state index contributed by atoms with van der Waals surface area (Å²) in [6, 6.07) is 5.33. The average molecular weight is 250 g/mol. The van der Waals surface area contributed by atoms with Gasteiger partial charge in [0, 0.05) is 0 Å². The van der Waals surface area contributed by atoms with E-state index in [1.807, 2.05) is 13.0 Å². The van der Waals surface area contributed by atoms with Gasteiger partial charge in [0.1, 0.15) is 12.4 Å². The summed E-state index contributed by atoms with van der Waals surface area (Å²) in [7, 11) is 1.34. The Kier molecular flexibility index (Phi) is 4.48. The molecule has 0 aliphatic carbocycles. The maximum absolute atomic E-state index is 11.5. The zero-order valence-corrected chi connectivity index (χ0v) is 11.1. The smallest absolute Gasteiger partial charge is 0.314 e. The van der Waals surface area contributed by atoms with Gasteiger partial charge in [-0.15, -0.1) is 0 Å². The van der Waals surface area contributed by atoms with E-state index in [9.17, 15) is 9.59 Å². The molecule has 0 fully saturated rings. The van der Waals surface area contributed by atoms with Crippen molar-refractivity contribution in [2.45, 2.75) is 20.8 Å². The van der Waals surface area contributed by atoms with Gasteiger partial charge in [-0.05, 0) is 32.9 Å². The number of benzene rings is 1. The quantitative estimate of drug-likeness (QED) is 0.594. The van der Waals surface area contributed by atoms with Gasteiger partial charge in [-0.3, -0.25) is 9.59 Å². The molecule has 1 aromatic carbocycles. The van der Waals surface area contributed by atoms with Crippen molar-refractivity contribution < 1.29 is 19.1 Å². The fourth-order valence-corrected chi connectivity index (χ4v) is 1.48. The summed E-state index contributed by atoms with van der Waals surface area (Å²) in [5.41, 5.74) is 0.715. The third-order valence-corrected chi connectivity index (χ3v) is 2.62. The first-order chi connectivity index (χ1) is 8.40. The van der Waals surface area contributed by atoms with Crippen LogP contribution in [0.2, 0.25) is 0 Å². The van der Waals surface area contributed by atoms with Crippen molar-refractivity contribution in [2.24, 2.45) is 5.41 Å². The minimum Gasteiger partial charge on any atom is -0.492 e. The molecule has 0 radical (unpaired) electrons. The number of hydrogen-bond acceptors (Lipinski definition) is 4. The van der Waals surface area contributed by atoms with Crippen LogP contribution in [0.4, 0.5) is 0 Å². The van der Waals surface area contributed by atoms with E-state index in [0.29, 0.717) is 11.3 Å². The Labute approximate surface area is 107 Å². The van der Waals surface area contributed by atoms with Crippen molar-refractivity contribution in [2.75, 3.05) is 13.7 Å². The molecule has 0 heterocycles. The molecule has 4 heteroatoms. The lowest BCUT2D eigenvalue weighted by Gasteiger charge is -2.22. The highest BCUT2D eigenvalue weighted by Gasteiger charge is 2.30. The second-order valence-electron chi connectivity index (χ2n) is 4.82. The van der Waals surface area contributed by atoms with E-state index >= 15 is 0 Å². The monoisotopic (exact) mass is 250 g/mol. The van der Waals surface area contributed by atoms with Crippen molar-refractivity contribution in [1.82, 2.24) is 0 Å². The highest BCUT2D eigenvalue weighted by atomic mass is 16.5. The lowest BCUT2D eigenvalue weighted by atomic mass is 9.95. The molecule has 0 unspecified atom stereocenters. The first-order valence-electron chi connectivity index (χ1n) is 5.68. The van der Waals surface area contributed by atoms with E-state index in [4.69, 9.17) is 9.47 Å². The maximum Gasteiger partial charge on any atom is 0.314 e. The normalized spacial score (nSPS) is 10.9. The summed E-state index contributed by atoms with van der Waals surface area (Å²) < 4.78 is 10.2. The minimum absolute atomic E-state index is 0.156. The van der Waals surface area contributed by atoms with Crippen LogP contribution in [0.5, 0.6) is 5.75 Å². The van der Waals surface area contributed by atoms with Crippen LogP contribution in [0.25, 0.3) is 0 Å². The van der Waals surface area contributed by atoms with E-state index in [-0.39, 0.29) is 12.6 Å². The van der Waals surface area contributed by atoms with Gasteiger partial charge in [-0.1, -0.05) is 11.6 Å². The Balaban J connectivity index is 2.80. The van der Waals surface area contributed by atoms with Crippen molar-refractivity contribution in [3.8, 4) is 5.75 Å². The number of rotatable bonds is 5. The highest BCUT2D eigenvalue weighted by molar-refractivity contribution is 5.80. The molecule has 0 N–H and O–H groups in total. The zero-order chi connectivity index (χ0) is 13.8. The summed E-state index contributed by atoms with van der Waals surface area (Å²) in [5, 5.41) is 0. The first-order valence-corrected chi connectivity index (χ1v) is 5.68. The molecule has 1 rings (SSSR count). The number of esters is 1. The van der Waals surface area contributed by atoms with Gasteiger partial charge >= 0.3 is 5.97 Å². The topological polar surface area (TPSA) is 52.6 Å². The summed E-state index contributed by atoms with van der Waals surface area (Å²) >= 11 is 0. The fraction of sp³-hybridized carbons (Fsp3) is 0.429. The zero-order valence-electron chi connectivity index (χ0n) is 11.1. The molecule has 0 saturated heterocycles. The van der Waals surface area contributed by atoms with Gasteiger partial charge < -0.3 is 9.47 Å². The number of carbonyl (C=O) groups is 2. The molecule has 18 heavy (non-hydrogen) atoms. The van der Waals surface area contributed by atoms with Crippen molar-refractivity contribution in [1.29, 1.82) is 0 Å². The summed E-state index contributed by atoms with van der Waals surface area (Å²) in [6.45, 7) is 5.51. The average Bonchev–Trinajstić information content (AvgIpc) is 2.36. The molecule has 0 spiro atoms. The van der Waals surface area contributed by atoms with Crippen LogP contribution >= 0.6 is 0 Å². The number of aryl methyl sites for hydroxylation is 1. The molecule has 0 aliphatic rings. The Bertz CT molecular complexity index is 449. The maximum atomic E-state index is 11.5. The van der Waals surface area contributed by atoms with E-state index in [1.165, 1.54) is 7.11 Å². The number of carbonyl (C=O) groups excluding carboxylic acids is 2. The second-order valence-corrected chi connectivity index (χ2v) is 4.82. The van der Waals surface area contributed by atoms with Gasteiger partial charge in [0.25, 0.3) is 0 Å². The molecule has 0 bridgehead atoms. The second kappa shape index (κ2) is 5.67.